The number of benzene rings is 1. The predicted molar refractivity (Wildman–Crippen MR) is 72.2 cm³/mol. The molecule has 1 aromatic heterocycles. The average Bonchev–Trinajstić information content (AvgIpc) is 2.93. The van der Waals surface area contributed by atoms with Crippen LogP contribution in [-0.4, -0.2) is 16.5 Å². The molecule has 0 aliphatic carbocycles. The van der Waals surface area contributed by atoms with Crippen molar-refractivity contribution < 1.29 is 0 Å². The van der Waals surface area contributed by atoms with Gasteiger partial charge in [-0.2, -0.15) is 0 Å². The molecule has 1 aliphatic heterocycles. The molecule has 0 spiro atoms. The molecule has 3 heteroatoms. The van der Waals surface area contributed by atoms with Crippen molar-refractivity contribution in [2.24, 2.45) is 0 Å². The number of hydrogen-bond donors (Lipinski definition) is 1. The van der Waals surface area contributed by atoms with Crippen molar-refractivity contribution in [1.82, 2.24) is 15.3 Å². The Balaban J connectivity index is 1.86. The van der Waals surface area contributed by atoms with Gasteiger partial charge in [-0.05, 0) is 31.9 Å². The molecule has 2 aromatic rings. The molecule has 92 valence electrons. The van der Waals surface area contributed by atoms with E-state index in [1.54, 1.807) is 0 Å². The Bertz CT molecular complexity index is 528. The Labute approximate surface area is 107 Å². The van der Waals surface area contributed by atoms with Gasteiger partial charge in [-0.15, -0.1) is 0 Å². The van der Waals surface area contributed by atoms with Crippen LogP contribution in [0.25, 0.3) is 11.1 Å². The topological polar surface area (TPSA) is 37.8 Å². The predicted octanol–water partition coefficient (Wildman–Crippen LogP) is 2.88. The third-order valence-corrected chi connectivity index (χ3v) is 3.40. The number of rotatable bonds is 2. The van der Waals surface area contributed by atoms with E-state index in [0.29, 0.717) is 6.04 Å². The molecular formula is C15H17N3. The van der Waals surface area contributed by atoms with Gasteiger partial charge in [0.15, 0.2) is 0 Å². The Kier molecular flexibility index (Phi) is 3.07. The second-order valence-corrected chi connectivity index (χ2v) is 4.85. The normalized spacial score (nSPS) is 19.1. The molecule has 1 N–H and O–H groups in total. The second kappa shape index (κ2) is 4.86. The van der Waals surface area contributed by atoms with Crippen molar-refractivity contribution in [3.63, 3.8) is 0 Å². The summed E-state index contributed by atoms with van der Waals surface area (Å²) in [6, 6.07) is 8.76. The maximum absolute atomic E-state index is 4.49. The smallest absolute Gasteiger partial charge is 0.145 e. The van der Waals surface area contributed by atoms with Gasteiger partial charge in [0.25, 0.3) is 0 Å². The van der Waals surface area contributed by atoms with Crippen molar-refractivity contribution in [2.75, 3.05) is 6.54 Å². The largest absolute Gasteiger partial charge is 0.307 e. The van der Waals surface area contributed by atoms with Gasteiger partial charge >= 0.3 is 0 Å². The van der Waals surface area contributed by atoms with Crippen molar-refractivity contribution in [1.29, 1.82) is 0 Å². The zero-order chi connectivity index (χ0) is 12.4. The highest BCUT2D eigenvalue weighted by atomic mass is 15.0. The zero-order valence-corrected chi connectivity index (χ0v) is 10.6. The molecule has 0 saturated carbocycles. The Morgan fingerprint density at radius 1 is 1.17 bits per heavy atom. The van der Waals surface area contributed by atoms with Crippen LogP contribution in [-0.2, 0) is 0 Å². The van der Waals surface area contributed by atoms with Crippen LogP contribution in [0.4, 0.5) is 0 Å². The number of aryl methyl sites for hydroxylation is 1. The van der Waals surface area contributed by atoms with E-state index in [0.717, 1.165) is 24.4 Å². The molecule has 1 atom stereocenters. The van der Waals surface area contributed by atoms with Gasteiger partial charge < -0.3 is 5.32 Å². The SMILES string of the molecule is Cc1cccc(-c2cnc(C3CCCN3)nc2)c1. The molecule has 0 amide bonds. The minimum atomic E-state index is 0.344. The lowest BCUT2D eigenvalue weighted by Gasteiger charge is -2.09. The molecule has 1 aliphatic rings. The van der Waals surface area contributed by atoms with E-state index in [2.05, 4.69) is 46.5 Å². The summed E-state index contributed by atoms with van der Waals surface area (Å²) >= 11 is 0. The minimum absolute atomic E-state index is 0.344. The standard InChI is InChI=1S/C15H17N3/c1-11-4-2-5-12(8-11)13-9-17-15(18-10-13)14-6-3-7-16-14/h2,4-5,8-10,14,16H,3,6-7H2,1H3. The molecule has 2 heterocycles. The van der Waals surface area contributed by atoms with E-state index in [9.17, 15) is 0 Å². The van der Waals surface area contributed by atoms with Crippen LogP contribution in [0.1, 0.15) is 30.3 Å². The molecular weight excluding hydrogens is 222 g/mol. The summed E-state index contributed by atoms with van der Waals surface area (Å²) in [5.41, 5.74) is 3.52. The number of hydrogen-bond acceptors (Lipinski definition) is 3. The quantitative estimate of drug-likeness (QED) is 0.875. The van der Waals surface area contributed by atoms with Crippen molar-refractivity contribution >= 4 is 0 Å². The highest BCUT2D eigenvalue weighted by Gasteiger charge is 2.18. The highest BCUT2D eigenvalue weighted by molar-refractivity contribution is 5.62. The van der Waals surface area contributed by atoms with Crippen LogP contribution in [0.5, 0.6) is 0 Å². The van der Waals surface area contributed by atoms with Crippen LogP contribution in [0.2, 0.25) is 0 Å². The molecule has 1 unspecified atom stereocenters. The summed E-state index contributed by atoms with van der Waals surface area (Å²) < 4.78 is 0. The Morgan fingerprint density at radius 3 is 2.67 bits per heavy atom. The number of aromatic nitrogens is 2. The fraction of sp³-hybridized carbons (Fsp3) is 0.333. The third kappa shape index (κ3) is 2.27. The van der Waals surface area contributed by atoms with Crippen molar-refractivity contribution in [3.05, 3.63) is 48.0 Å². The molecule has 3 rings (SSSR count). The molecule has 1 aromatic carbocycles. The van der Waals surface area contributed by atoms with E-state index < -0.39 is 0 Å². The van der Waals surface area contributed by atoms with E-state index in [-0.39, 0.29) is 0 Å². The summed E-state index contributed by atoms with van der Waals surface area (Å²) in [5.74, 6) is 0.920. The molecule has 0 radical (unpaired) electrons. The lowest BCUT2D eigenvalue weighted by atomic mass is 10.1. The summed E-state index contributed by atoms with van der Waals surface area (Å²) in [6.45, 7) is 3.18. The third-order valence-electron chi connectivity index (χ3n) is 3.40. The van der Waals surface area contributed by atoms with Crippen LogP contribution >= 0.6 is 0 Å². The van der Waals surface area contributed by atoms with Gasteiger partial charge in [0.2, 0.25) is 0 Å². The molecule has 0 bridgehead atoms. The highest BCUT2D eigenvalue weighted by Crippen LogP contribution is 2.22. The summed E-state index contributed by atoms with van der Waals surface area (Å²) in [5, 5.41) is 3.42. The van der Waals surface area contributed by atoms with Crippen molar-refractivity contribution in [3.8, 4) is 11.1 Å². The first-order valence-corrected chi connectivity index (χ1v) is 6.45. The first kappa shape index (κ1) is 11.4. The monoisotopic (exact) mass is 239 g/mol. The second-order valence-electron chi connectivity index (χ2n) is 4.85. The van der Waals surface area contributed by atoms with E-state index in [1.807, 2.05) is 12.4 Å². The molecule has 1 saturated heterocycles. The fourth-order valence-electron chi connectivity index (χ4n) is 2.40. The Hall–Kier alpha value is -1.74. The minimum Gasteiger partial charge on any atom is -0.307 e. The molecule has 3 nitrogen and oxygen atoms in total. The average molecular weight is 239 g/mol. The van der Waals surface area contributed by atoms with Gasteiger partial charge in [-0.25, -0.2) is 9.97 Å². The Morgan fingerprint density at radius 2 is 2.00 bits per heavy atom. The lowest BCUT2D eigenvalue weighted by Crippen LogP contribution is -2.15. The first-order chi connectivity index (χ1) is 8.83. The van der Waals surface area contributed by atoms with E-state index >= 15 is 0 Å². The summed E-state index contributed by atoms with van der Waals surface area (Å²) in [4.78, 5) is 8.99. The van der Waals surface area contributed by atoms with Crippen molar-refractivity contribution in [2.45, 2.75) is 25.8 Å². The van der Waals surface area contributed by atoms with Crippen LogP contribution < -0.4 is 5.32 Å². The van der Waals surface area contributed by atoms with E-state index in [4.69, 9.17) is 0 Å². The van der Waals surface area contributed by atoms with Crippen LogP contribution in [0, 0.1) is 6.92 Å². The van der Waals surface area contributed by atoms with Crippen LogP contribution in [0.15, 0.2) is 36.7 Å². The van der Waals surface area contributed by atoms with Crippen LogP contribution in [0.3, 0.4) is 0 Å². The summed E-state index contributed by atoms with van der Waals surface area (Å²) in [6.07, 6.45) is 6.21. The van der Waals surface area contributed by atoms with Gasteiger partial charge in [0.05, 0.1) is 6.04 Å². The first-order valence-electron chi connectivity index (χ1n) is 6.45. The van der Waals surface area contributed by atoms with Gasteiger partial charge in [0.1, 0.15) is 5.82 Å². The van der Waals surface area contributed by atoms with Gasteiger partial charge in [-0.3, -0.25) is 0 Å². The lowest BCUT2D eigenvalue weighted by molar-refractivity contribution is 0.605. The maximum atomic E-state index is 4.49. The van der Waals surface area contributed by atoms with Gasteiger partial charge in [-0.1, -0.05) is 29.8 Å². The molecule has 18 heavy (non-hydrogen) atoms. The van der Waals surface area contributed by atoms with E-state index in [1.165, 1.54) is 17.5 Å². The maximum Gasteiger partial charge on any atom is 0.145 e. The summed E-state index contributed by atoms with van der Waals surface area (Å²) in [7, 11) is 0. The number of nitrogens with one attached hydrogen (secondary N) is 1. The zero-order valence-electron chi connectivity index (χ0n) is 10.6. The van der Waals surface area contributed by atoms with Gasteiger partial charge in [0, 0.05) is 18.0 Å². The fourth-order valence-corrected chi connectivity index (χ4v) is 2.40. The number of nitrogens with zero attached hydrogens (tertiary/aromatic N) is 2. The molecule has 1 fully saturated rings.